The van der Waals surface area contributed by atoms with Crippen LogP contribution in [0.2, 0.25) is 0 Å². The van der Waals surface area contributed by atoms with Crippen molar-refractivity contribution in [2.45, 2.75) is 84.7 Å². The van der Waals surface area contributed by atoms with Gasteiger partial charge in [0.15, 0.2) is 11.4 Å². The fourth-order valence-electron chi connectivity index (χ4n) is 2.44. The molecule has 1 saturated heterocycles. The molecule has 2 atom stereocenters. The van der Waals surface area contributed by atoms with Crippen LogP contribution in [0.1, 0.15) is 67.2 Å². The van der Waals surface area contributed by atoms with Gasteiger partial charge in [-0.3, -0.25) is 0 Å². The number of nitrogens with zero attached hydrogens (tertiary/aromatic N) is 1. The van der Waals surface area contributed by atoms with Crippen molar-refractivity contribution >= 4 is 0 Å². The predicted octanol–water partition coefficient (Wildman–Crippen LogP) is 4.03. The summed E-state index contributed by atoms with van der Waals surface area (Å²) < 4.78 is 12.0. The summed E-state index contributed by atoms with van der Waals surface area (Å²) in [4.78, 5) is 0. The minimum absolute atomic E-state index is 0.0232. The molecule has 1 fully saturated rings. The Balaban J connectivity index is 2.95. The van der Waals surface area contributed by atoms with E-state index in [4.69, 9.17) is 9.47 Å². The van der Waals surface area contributed by atoms with Crippen LogP contribution in [0.3, 0.4) is 0 Å². The average molecular weight is 253 g/mol. The van der Waals surface area contributed by atoms with E-state index in [1.807, 2.05) is 13.8 Å². The Labute approximate surface area is 111 Å². The molecule has 3 nitrogen and oxygen atoms in total. The molecule has 1 heterocycles. The van der Waals surface area contributed by atoms with Crippen molar-refractivity contribution in [3.63, 3.8) is 0 Å². The van der Waals surface area contributed by atoms with Crippen molar-refractivity contribution in [1.29, 1.82) is 5.26 Å². The van der Waals surface area contributed by atoms with E-state index >= 15 is 0 Å². The summed E-state index contributed by atoms with van der Waals surface area (Å²) in [6.07, 6.45) is 3.60. The van der Waals surface area contributed by atoms with Crippen LogP contribution >= 0.6 is 0 Å². The van der Waals surface area contributed by atoms with Gasteiger partial charge in [0.2, 0.25) is 0 Å². The van der Waals surface area contributed by atoms with Crippen molar-refractivity contribution in [1.82, 2.24) is 0 Å². The highest BCUT2D eigenvalue weighted by Gasteiger charge is 2.48. The third kappa shape index (κ3) is 3.70. The number of unbranched alkanes of at least 4 members (excludes halogenated alkanes) is 1. The van der Waals surface area contributed by atoms with Crippen molar-refractivity contribution in [2.24, 2.45) is 5.41 Å². The quantitative estimate of drug-likeness (QED) is 0.762. The number of ether oxygens (including phenoxy) is 2. The minimum atomic E-state index is -0.685. The predicted molar refractivity (Wildman–Crippen MR) is 72.0 cm³/mol. The zero-order chi connectivity index (χ0) is 14.0. The summed E-state index contributed by atoms with van der Waals surface area (Å²) in [7, 11) is 0. The number of nitriles is 1. The summed E-state index contributed by atoms with van der Waals surface area (Å²) >= 11 is 0. The van der Waals surface area contributed by atoms with Gasteiger partial charge in [0.05, 0.1) is 12.2 Å². The lowest BCUT2D eigenvalue weighted by molar-refractivity contribution is -0.334. The van der Waals surface area contributed by atoms with E-state index in [9.17, 15) is 5.26 Å². The van der Waals surface area contributed by atoms with Crippen LogP contribution in [0, 0.1) is 16.7 Å². The standard InChI is InChI=1S/C15H27NO2/c1-7-8-9-15(11-16)10-12(13(2,3)4)17-14(5,6)18-15/h12H,7-10H2,1-6H3/t12-,15+/m1/s1. The van der Waals surface area contributed by atoms with Gasteiger partial charge in [0.25, 0.3) is 0 Å². The number of hydrogen-bond donors (Lipinski definition) is 0. The highest BCUT2D eigenvalue weighted by atomic mass is 16.7. The molecule has 0 bridgehead atoms. The third-order valence-corrected chi connectivity index (χ3v) is 3.49. The van der Waals surface area contributed by atoms with Crippen LogP contribution in [0.4, 0.5) is 0 Å². The fraction of sp³-hybridized carbons (Fsp3) is 0.933. The Morgan fingerprint density at radius 2 is 1.94 bits per heavy atom. The molecule has 104 valence electrons. The molecular weight excluding hydrogens is 226 g/mol. The average Bonchev–Trinajstić information content (AvgIpc) is 2.23. The molecule has 3 heteroatoms. The molecule has 0 aromatic carbocycles. The summed E-state index contributed by atoms with van der Waals surface area (Å²) in [5.41, 5.74) is -0.662. The molecule has 1 rings (SSSR count). The molecule has 1 aliphatic heterocycles. The maximum absolute atomic E-state index is 9.55. The van der Waals surface area contributed by atoms with Crippen molar-refractivity contribution in [2.75, 3.05) is 0 Å². The summed E-state index contributed by atoms with van der Waals surface area (Å²) in [6, 6.07) is 2.41. The SMILES string of the molecule is CCCC[C@@]1(C#N)C[C@H](C(C)(C)C)OC(C)(C)O1. The topological polar surface area (TPSA) is 42.2 Å². The van der Waals surface area contributed by atoms with Crippen LogP contribution in [0.15, 0.2) is 0 Å². The van der Waals surface area contributed by atoms with E-state index in [-0.39, 0.29) is 11.5 Å². The van der Waals surface area contributed by atoms with Gasteiger partial charge in [0.1, 0.15) is 0 Å². The molecule has 0 amide bonds. The monoisotopic (exact) mass is 253 g/mol. The Hall–Kier alpha value is -0.590. The molecule has 0 N–H and O–H groups in total. The first-order valence-corrected chi connectivity index (χ1v) is 6.93. The van der Waals surface area contributed by atoms with E-state index in [0.717, 1.165) is 19.3 Å². The van der Waals surface area contributed by atoms with E-state index in [0.29, 0.717) is 6.42 Å². The van der Waals surface area contributed by atoms with Gasteiger partial charge < -0.3 is 9.47 Å². The lowest BCUT2D eigenvalue weighted by Gasteiger charge is -2.49. The normalized spacial score (nSPS) is 31.9. The maximum atomic E-state index is 9.55. The number of hydrogen-bond acceptors (Lipinski definition) is 3. The van der Waals surface area contributed by atoms with Crippen molar-refractivity contribution < 1.29 is 9.47 Å². The first-order valence-electron chi connectivity index (χ1n) is 6.93. The van der Waals surface area contributed by atoms with Crippen LogP contribution in [-0.4, -0.2) is 17.5 Å². The molecule has 0 spiro atoms. The van der Waals surface area contributed by atoms with E-state index in [1.54, 1.807) is 0 Å². The van der Waals surface area contributed by atoms with E-state index < -0.39 is 11.4 Å². The first kappa shape index (κ1) is 15.5. The Morgan fingerprint density at radius 3 is 2.39 bits per heavy atom. The zero-order valence-electron chi connectivity index (χ0n) is 12.7. The summed E-state index contributed by atoms with van der Waals surface area (Å²) in [6.45, 7) is 12.4. The highest BCUT2D eigenvalue weighted by molar-refractivity contribution is 5.07. The van der Waals surface area contributed by atoms with Gasteiger partial charge in [-0.05, 0) is 32.1 Å². The van der Waals surface area contributed by atoms with Crippen molar-refractivity contribution in [3.8, 4) is 6.07 Å². The van der Waals surface area contributed by atoms with Crippen molar-refractivity contribution in [3.05, 3.63) is 0 Å². The van der Waals surface area contributed by atoms with Gasteiger partial charge in [-0.15, -0.1) is 0 Å². The molecule has 0 saturated carbocycles. The van der Waals surface area contributed by atoms with Gasteiger partial charge >= 0.3 is 0 Å². The number of rotatable bonds is 3. The largest absolute Gasteiger partial charge is 0.347 e. The first-order chi connectivity index (χ1) is 8.14. The third-order valence-electron chi connectivity index (χ3n) is 3.49. The molecule has 0 aromatic rings. The molecule has 0 aromatic heterocycles. The molecule has 1 aliphatic rings. The fourth-order valence-corrected chi connectivity index (χ4v) is 2.44. The van der Waals surface area contributed by atoms with Gasteiger partial charge in [0, 0.05) is 6.42 Å². The van der Waals surface area contributed by atoms with Gasteiger partial charge in [-0.2, -0.15) is 5.26 Å². The maximum Gasteiger partial charge on any atom is 0.165 e. The van der Waals surface area contributed by atoms with Crippen LogP contribution in [0.5, 0.6) is 0 Å². The molecular formula is C15H27NO2. The molecule has 18 heavy (non-hydrogen) atoms. The second kappa shape index (κ2) is 5.19. The van der Waals surface area contributed by atoms with Crippen LogP contribution in [0.25, 0.3) is 0 Å². The van der Waals surface area contributed by atoms with Gasteiger partial charge in [-0.25, -0.2) is 0 Å². The lowest BCUT2D eigenvalue weighted by atomic mass is 9.79. The van der Waals surface area contributed by atoms with Crippen LogP contribution < -0.4 is 0 Å². The summed E-state index contributed by atoms with van der Waals surface area (Å²) in [5, 5.41) is 9.55. The zero-order valence-corrected chi connectivity index (χ0v) is 12.7. The molecule has 0 radical (unpaired) electrons. The van der Waals surface area contributed by atoms with E-state index in [1.165, 1.54) is 0 Å². The Kier molecular flexibility index (Phi) is 4.46. The second-order valence-corrected chi connectivity index (χ2v) is 6.89. The second-order valence-electron chi connectivity index (χ2n) is 6.89. The van der Waals surface area contributed by atoms with Gasteiger partial charge in [-0.1, -0.05) is 34.1 Å². The smallest absolute Gasteiger partial charge is 0.165 e. The molecule has 0 aliphatic carbocycles. The molecule has 0 unspecified atom stereocenters. The minimum Gasteiger partial charge on any atom is -0.347 e. The van der Waals surface area contributed by atoms with E-state index in [2.05, 4.69) is 33.8 Å². The highest BCUT2D eigenvalue weighted by Crippen LogP contribution is 2.42. The Bertz CT molecular complexity index is 324. The van der Waals surface area contributed by atoms with Crippen LogP contribution in [-0.2, 0) is 9.47 Å². The lowest BCUT2D eigenvalue weighted by Crippen LogP contribution is -2.55. The Morgan fingerprint density at radius 1 is 1.33 bits per heavy atom. The summed E-state index contributed by atoms with van der Waals surface area (Å²) in [5.74, 6) is -0.681.